The molecule has 3 N–H and O–H groups in total. The van der Waals surface area contributed by atoms with Crippen molar-refractivity contribution >= 4 is 21.6 Å². The van der Waals surface area contributed by atoms with Gasteiger partial charge < -0.3 is 19.9 Å². The van der Waals surface area contributed by atoms with Gasteiger partial charge in [0.05, 0.1) is 17.7 Å². The molecule has 0 bridgehead atoms. The normalized spacial score (nSPS) is 12.2. The van der Waals surface area contributed by atoms with Gasteiger partial charge in [0.1, 0.15) is 29.2 Å². The van der Waals surface area contributed by atoms with Crippen LogP contribution in [0.1, 0.15) is 17.3 Å². The van der Waals surface area contributed by atoms with Gasteiger partial charge in [-0.3, -0.25) is 9.89 Å². The fourth-order valence-corrected chi connectivity index (χ4v) is 3.14. The first-order valence-electron chi connectivity index (χ1n) is 8.96. The predicted octanol–water partition coefficient (Wildman–Crippen LogP) is 2.62. The zero-order valence-corrected chi connectivity index (χ0v) is 17.1. The Bertz CT molecular complexity index is 1110. The lowest BCUT2D eigenvalue weighted by atomic mass is 10.2. The summed E-state index contributed by atoms with van der Waals surface area (Å²) >= 11 is 0. The van der Waals surface area contributed by atoms with Gasteiger partial charge in [-0.25, -0.2) is 8.42 Å². The van der Waals surface area contributed by atoms with Crippen LogP contribution in [-0.2, 0) is 9.84 Å². The Hall–Kier alpha value is -3.37. The number of hydrogen-bond donors (Lipinski definition) is 3. The molecular formula is C20H21N3O6S. The van der Waals surface area contributed by atoms with E-state index in [-0.39, 0.29) is 17.1 Å². The van der Waals surface area contributed by atoms with E-state index < -0.39 is 21.8 Å². The van der Waals surface area contributed by atoms with Gasteiger partial charge in [-0.1, -0.05) is 0 Å². The quantitative estimate of drug-likeness (QED) is 0.500. The van der Waals surface area contributed by atoms with Crippen molar-refractivity contribution in [2.75, 3.05) is 18.2 Å². The molecule has 0 fully saturated rings. The van der Waals surface area contributed by atoms with Gasteiger partial charge in [-0.15, -0.1) is 0 Å². The zero-order chi connectivity index (χ0) is 21.7. The summed E-state index contributed by atoms with van der Waals surface area (Å²) in [7, 11) is -3.32. The number of ether oxygens (including phenoxy) is 2. The van der Waals surface area contributed by atoms with E-state index in [0.717, 1.165) is 6.26 Å². The molecule has 2 aromatic carbocycles. The minimum absolute atomic E-state index is 0.170. The highest BCUT2D eigenvalue weighted by molar-refractivity contribution is 7.90. The molecule has 10 heteroatoms. The Morgan fingerprint density at radius 1 is 1.13 bits per heavy atom. The maximum atomic E-state index is 12.6. The third kappa shape index (κ3) is 5.58. The van der Waals surface area contributed by atoms with Crippen molar-refractivity contribution in [1.29, 1.82) is 0 Å². The van der Waals surface area contributed by atoms with Gasteiger partial charge in [-0.05, 0) is 43.3 Å². The molecule has 0 aliphatic heterocycles. The average molecular weight is 431 g/mol. The number of anilines is 1. The van der Waals surface area contributed by atoms with Crippen LogP contribution >= 0.6 is 0 Å². The Morgan fingerprint density at radius 2 is 1.83 bits per heavy atom. The first-order valence-corrected chi connectivity index (χ1v) is 10.8. The van der Waals surface area contributed by atoms with E-state index in [1.54, 1.807) is 19.1 Å². The van der Waals surface area contributed by atoms with Crippen LogP contribution in [0.3, 0.4) is 0 Å². The summed E-state index contributed by atoms with van der Waals surface area (Å²) in [5, 5.41) is 18.3. The number of aliphatic hydroxyl groups excluding tert-OH is 1. The second-order valence-corrected chi connectivity index (χ2v) is 8.59. The van der Waals surface area contributed by atoms with Gasteiger partial charge in [-0.2, -0.15) is 5.10 Å². The van der Waals surface area contributed by atoms with E-state index in [1.807, 2.05) is 0 Å². The van der Waals surface area contributed by atoms with Crippen LogP contribution in [-0.4, -0.2) is 48.6 Å². The van der Waals surface area contributed by atoms with E-state index in [9.17, 15) is 18.3 Å². The zero-order valence-electron chi connectivity index (χ0n) is 16.3. The van der Waals surface area contributed by atoms with Crippen molar-refractivity contribution in [1.82, 2.24) is 10.2 Å². The lowest BCUT2D eigenvalue weighted by molar-refractivity contribution is 0.102. The summed E-state index contributed by atoms with van der Waals surface area (Å²) in [5.41, 5.74) is 0.259. The maximum Gasteiger partial charge on any atom is 0.257 e. The van der Waals surface area contributed by atoms with Gasteiger partial charge in [0.25, 0.3) is 5.91 Å². The summed E-state index contributed by atoms with van der Waals surface area (Å²) in [6.07, 6.45) is 2.14. The average Bonchev–Trinajstić information content (AvgIpc) is 3.20. The third-order valence-electron chi connectivity index (χ3n) is 3.97. The minimum atomic E-state index is -3.32. The number of aromatic nitrogens is 2. The molecule has 1 aromatic heterocycles. The van der Waals surface area contributed by atoms with E-state index in [2.05, 4.69) is 15.5 Å². The molecule has 1 atom stereocenters. The van der Waals surface area contributed by atoms with E-state index in [0.29, 0.717) is 23.1 Å². The van der Waals surface area contributed by atoms with Crippen molar-refractivity contribution in [2.45, 2.75) is 17.9 Å². The minimum Gasteiger partial charge on any atom is -0.488 e. The molecule has 0 saturated carbocycles. The maximum absolute atomic E-state index is 12.6. The topological polar surface area (TPSA) is 131 Å². The van der Waals surface area contributed by atoms with Gasteiger partial charge >= 0.3 is 0 Å². The van der Waals surface area contributed by atoms with Crippen LogP contribution in [0, 0.1) is 0 Å². The molecule has 3 rings (SSSR count). The first kappa shape index (κ1) is 21.3. The number of H-pyrrole nitrogens is 1. The van der Waals surface area contributed by atoms with E-state index in [1.165, 1.54) is 42.6 Å². The predicted molar refractivity (Wildman–Crippen MR) is 110 cm³/mol. The van der Waals surface area contributed by atoms with Crippen LogP contribution in [0.4, 0.5) is 5.82 Å². The number of carbonyl (C=O) groups is 1. The monoisotopic (exact) mass is 431 g/mol. The van der Waals surface area contributed by atoms with Crippen LogP contribution < -0.4 is 14.8 Å². The molecule has 1 amide bonds. The number of benzene rings is 2. The number of nitrogens with one attached hydrogen (secondary N) is 2. The van der Waals surface area contributed by atoms with Crippen LogP contribution in [0.15, 0.2) is 59.6 Å². The highest BCUT2D eigenvalue weighted by Gasteiger charge is 2.14. The molecule has 1 unspecified atom stereocenters. The fraction of sp³-hybridized carbons (Fsp3) is 0.200. The Balaban J connectivity index is 1.88. The molecule has 9 nitrogen and oxygen atoms in total. The number of amides is 1. The summed E-state index contributed by atoms with van der Waals surface area (Å²) in [4.78, 5) is 12.8. The molecule has 1 heterocycles. The van der Waals surface area contributed by atoms with Crippen molar-refractivity contribution in [3.63, 3.8) is 0 Å². The number of hydrogen-bond acceptors (Lipinski definition) is 7. The number of carbonyl (C=O) groups excluding carboxylic acids is 1. The molecule has 158 valence electrons. The Labute approximate surface area is 173 Å². The molecule has 0 radical (unpaired) electrons. The van der Waals surface area contributed by atoms with Gasteiger partial charge in [0.15, 0.2) is 9.84 Å². The van der Waals surface area contributed by atoms with E-state index >= 15 is 0 Å². The largest absolute Gasteiger partial charge is 0.488 e. The molecule has 30 heavy (non-hydrogen) atoms. The van der Waals surface area contributed by atoms with Crippen LogP contribution in [0.25, 0.3) is 0 Å². The number of aromatic amines is 1. The summed E-state index contributed by atoms with van der Waals surface area (Å²) in [5.74, 6) is 1.03. The van der Waals surface area contributed by atoms with E-state index in [4.69, 9.17) is 9.47 Å². The number of nitrogens with zero attached hydrogens (tertiary/aromatic N) is 1. The lowest BCUT2D eigenvalue weighted by Gasteiger charge is -2.15. The smallest absolute Gasteiger partial charge is 0.257 e. The summed E-state index contributed by atoms with van der Waals surface area (Å²) < 4.78 is 34.6. The molecule has 0 aliphatic rings. The second-order valence-electron chi connectivity index (χ2n) is 6.57. The third-order valence-corrected chi connectivity index (χ3v) is 5.10. The highest BCUT2D eigenvalue weighted by Crippen LogP contribution is 2.29. The van der Waals surface area contributed by atoms with Gasteiger partial charge in [0, 0.05) is 24.0 Å². The number of aliphatic hydroxyl groups is 1. The standard InChI is InChI=1S/C20H21N3O6S/c1-13(12-24)28-16-9-14(20(25)22-19-7-8-21-23-19)10-17(11-16)29-15-3-5-18(6-4-15)30(2,26)27/h3-11,13,24H,12H2,1-2H3,(H2,21,22,23,25). The van der Waals surface area contributed by atoms with Crippen molar-refractivity contribution in [3.8, 4) is 17.2 Å². The molecule has 0 spiro atoms. The molecule has 3 aromatic rings. The highest BCUT2D eigenvalue weighted by atomic mass is 32.2. The Kier molecular flexibility index (Phi) is 6.38. The molecule has 0 aliphatic carbocycles. The van der Waals surface area contributed by atoms with Crippen molar-refractivity contribution < 1.29 is 27.8 Å². The first-order chi connectivity index (χ1) is 14.2. The lowest BCUT2D eigenvalue weighted by Crippen LogP contribution is -2.17. The molecule has 0 saturated heterocycles. The number of sulfone groups is 1. The fourth-order valence-electron chi connectivity index (χ4n) is 2.51. The van der Waals surface area contributed by atoms with Crippen molar-refractivity contribution in [2.24, 2.45) is 0 Å². The summed E-state index contributed by atoms with van der Waals surface area (Å²) in [6, 6.07) is 12.1. The van der Waals surface area contributed by atoms with Gasteiger partial charge in [0.2, 0.25) is 0 Å². The van der Waals surface area contributed by atoms with Crippen molar-refractivity contribution in [3.05, 3.63) is 60.3 Å². The SMILES string of the molecule is CC(CO)Oc1cc(Oc2ccc(S(C)(=O)=O)cc2)cc(C(=O)Nc2ccn[nH]2)c1. The van der Waals surface area contributed by atoms with Crippen LogP contribution in [0.2, 0.25) is 0 Å². The second kappa shape index (κ2) is 8.97. The van der Waals surface area contributed by atoms with Crippen LogP contribution in [0.5, 0.6) is 17.2 Å². The number of rotatable bonds is 8. The molecular weight excluding hydrogens is 410 g/mol. The Morgan fingerprint density at radius 3 is 2.43 bits per heavy atom. The summed E-state index contributed by atoms with van der Waals surface area (Å²) in [6.45, 7) is 1.48.